The van der Waals surface area contributed by atoms with Crippen LogP contribution in [-0.2, 0) is 35.2 Å². The molecule has 0 aliphatic heterocycles. The lowest BCUT2D eigenvalue weighted by molar-refractivity contribution is -0.147. The number of amides is 3. The fraction of sp³-hybridized carbons (Fsp3) is 0.478. The third-order valence-electron chi connectivity index (χ3n) is 5.31. The SMILES string of the molecule is NCCCCC(NC(=O)C(N)CC(=O)O)C(=O)NC(Cc1ccc(O)cc1)C(=O)NC(CC(=O)O)C(=O)O. The van der Waals surface area contributed by atoms with Crippen LogP contribution in [0, 0.1) is 0 Å². The van der Waals surface area contributed by atoms with Gasteiger partial charge in [0.2, 0.25) is 17.7 Å². The Bertz CT molecular complexity index is 1000. The first kappa shape index (κ1) is 31.8. The zero-order chi connectivity index (χ0) is 28.8. The Labute approximate surface area is 217 Å². The fourth-order valence-corrected chi connectivity index (χ4v) is 3.32. The highest BCUT2D eigenvalue weighted by Gasteiger charge is 2.31. The number of phenols is 1. The summed E-state index contributed by atoms with van der Waals surface area (Å²) in [6.07, 6.45) is -0.835. The van der Waals surface area contributed by atoms with E-state index in [0.717, 1.165) is 0 Å². The summed E-state index contributed by atoms with van der Waals surface area (Å²) in [5.74, 6) is -7.22. The number of carboxylic acid groups (broad SMARTS) is 3. The number of carbonyl (C=O) groups is 6. The maximum absolute atomic E-state index is 13.1. The topological polar surface area (TPSA) is 271 Å². The van der Waals surface area contributed by atoms with Crippen LogP contribution in [0.3, 0.4) is 0 Å². The van der Waals surface area contributed by atoms with E-state index in [1.807, 2.05) is 0 Å². The second kappa shape index (κ2) is 15.8. The van der Waals surface area contributed by atoms with Crippen LogP contribution in [0.15, 0.2) is 24.3 Å². The molecular formula is C23H33N5O10. The first-order valence-corrected chi connectivity index (χ1v) is 11.6. The Kier molecular flexibility index (Phi) is 13.2. The minimum atomic E-state index is -1.78. The Balaban J connectivity index is 3.17. The standard InChI is InChI=1S/C23H33N5O10/c24-8-2-1-3-15(26-20(34)14(25)10-18(30)31)21(35)27-16(9-12-4-6-13(29)7-5-12)22(36)28-17(23(37)38)11-19(32)33/h4-7,14-17,29H,1-3,8-11,24-25H2,(H,26,34)(H,27,35)(H,28,36)(H,30,31)(H,32,33)(H,37,38). The number of hydrogen-bond donors (Lipinski definition) is 9. The van der Waals surface area contributed by atoms with Gasteiger partial charge in [-0.15, -0.1) is 0 Å². The number of phenolic OH excluding ortho intramolecular Hbond substituents is 1. The zero-order valence-electron chi connectivity index (χ0n) is 20.5. The first-order valence-electron chi connectivity index (χ1n) is 11.6. The van der Waals surface area contributed by atoms with Crippen LogP contribution in [-0.4, -0.2) is 86.8 Å². The van der Waals surface area contributed by atoms with Crippen LogP contribution in [0.5, 0.6) is 5.75 Å². The van der Waals surface area contributed by atoms with Gasteiger partial charge in [-0.1, -0.05) is 12.1 Å². The third kappa shape index (κ3) is 11.7. The summed E-state index contributed by atoms with van der Waals surface area (Å²) in [6, 6.07) is -0.304. The maximum Gasteiger partial charge on any atom is 0.326 e. The van der Waals surface area contributed by atoms with E-state index in [1.165, 1.54) is 24.3 Å². The van der Waals surface area contributed by atoms with Gasteiger partial charge < -0.3 is 47.8 Å². The molecule has 38 heavy (non-hydrogen) atoms. The lowest BCUT2D eigenvalue weighted by Crippen LogP contribution is -2.57. The number of aromatic hydroxyl groups is 1. The molecule has 0 saturated heterocycles. The molecule has 0 spiro atoms. The van der Waals surface area contributed by atoms with Gasteiger partial charge in [-0.05, 0) is 43.5 Å². The molecule has 0 saturated carbocycles. The van der Waals surface area contributed by atoms with Crippen LogP contribution in [0.2, 0.25) is 0 Å². The van der Waals surface area contributed by atoms with Gasteiger partial charge >= 0.3 is 17.9 Å². The average Bonchev–Trinajstić information content (AvgIpc) is 2.82. The summed E-state index contributed by atoms with van der Waals surface area (Å²) < 4.78 is 0. The molecule has 0 radical (unpaired) electrons. The molecular weight excluding hydrogens is 506 g/mol. The highest BCUT2D eigenvalue weighted by molar-refractivity contribution is 5.95. The lowest BCUT2D eigenvalue weighted by atomic mass is 10.0. The molecule has 4 atom stereocenters. The minimum absolute atomic E-state index is 0.0634. The van der Waals surface area contributed by atoms with Crippen LogP contribution < -0.4 is 27.4 Å². The molecule has 0 aliphatic carbocycles. The number of nitrogens with two attached hydrogens (primary N) is 2. The molecule has 0 aromatic heterocycles. The first-order chi connectivity index (χ1) is 17.8. The van der Waals surface area contributed by atoms with Crippen molar-refractivity contribution in [2.75, 3.05) is 6.54 Å². The van der Waals surface area contributed by atoms with Gasteiger partial charge in [0.1, 0.15) is 23.9 Å². The minimum Gasteiger partial charge on any atom is -0.508 e. The van der Waals surface area contributed by atoms with Gasteiger partial charge in [0.25, 0.3) is 0 Å². The number of unbranched alkanes of at least 4 members (excludes halogenated alkanes) is 1. The van der Waals surface area contributed by atoms with Gasteiger partial charge in [0.15, 0.2) is 0 Å². The molecule has 0 heterocycles. The number of nitrogens with one attached hydrogen (secondary N) is 3. The quantitative estimate of drug-likeness (QED) is 0.0961. The highest BCUT2D eigenvalue weighted by Crippen LogP contribution is 2.12. The molecule has 1 aromatic carbocycles. The van der Waals surface area contributed by atoms with Crippen molar-refractivity contribution in [2.24, 2.45) is 11.5 Å². The van der Waals surface area contributed by atoms with Gasteiger partial charge in [0, 0.05) is 6.42 Å². The Morgan fingerprint density at radius 3 is 1.79 bits per heavy atom. The van der Waals surface area contributed by atoms with E-state index in [4.69, 9.17) is 21.7 Å². The van der Waals surface area contributed by atoms with E-state index in [2.05, 4.69) is 16.0 Å². The molecule has 0 fully saturated rings. The number of hydrogen-bond acceptors (Lipinski definition) is 9. The van der Waals surface area contributed by atoms with Crippen LogP contribution in [0.4, 0.5) is 0 Å². The van der Waals surface area contributed by atoms with Crippen molar-refractivity contribution in [2.45, 2.75) is 62.7 Å². The Morgan fingerprint density at radius 2 is 1.26 bits per heavy atom. The third-order valence-corrected chi connectivity index (χ3v) is 5.31. The monoisotopic (exact) mass is 539 g/mol. The summed E-state index contributed by atoms with van der Waals surface area (Å²) in [4.78, 5) is 71.7. The summed E-state index contributed by atoms with van der Waals surface area (Å²) in [7, 11) is 0. The van der Waals surface area contributed by atoms with Gasteiger partial charge in [-0.3, -0.25) is 24.0 Å². The number of carbonyl (C=O) groups excluding carboxylic acids is 3. The number of rotatable bonds is 17. The predicted octanol–water partition coefficient (Wildman–Crippen LogP) is -2.12. The fourth-order valence-electron chi connectivity index (χ4n) is 3.32. The van der Waals surface area contributed by atoms with Crippen molar-refractivity contribution >= 4 is 35.6 Å². The van der Waals surface area contributed by atoms with E-state index in [-0.39, 0.29) is 18.6 Å². The highest BCUT2D eigenvalue weighted by atomic mass is 16.4. The van der Waals surface area contributed by atoms with Gasteiger partial charge in [-0.25, -0.2) is 4.79 Å². The van der Waals surface area contributed by atoms with Crippen LogP contribution in [0.25, 0.3) is 0 Å². The second-order valence-corrected chi connectivity index (χ2v) is 8.48. The van der Waals surface area contributed by atoms with Crippen molar-refractivity contribution in [3.8, 4) is 5.75 Å². The van der Waals surface area contributed by atoms with Gasteiger partial charge in [0.05, 0.1) is 18.9 Å². The normalized spacial score (nSPS) is 13.8. The van der Waals surface area contributed by atoms with E-state index in [1.54, 1.807) is 0 Å². The van der Waals surface area contributed by atoms with E-state index in [0.29, 0.717) is 24.9 Å². The summed E-state index contributed by atoms with van der Waals surface area (Å²) >= 11 is 0. The second-order valence-electron chi connectivity index (χ2n) is 8.48. The lowest BCUT2D eigenvalue weighted by Gasteiger charge is -2.25. The molecule has 210 valence electrons. The maximum atomic E-state index is 13.1. The van der Waals surface area contributed by atoms with Gasteiger partial charge in [-0.2, -0.15) is 0 Å². The molecule has 4 unspecified atom stereocenters. The van der Waals surface area contributed by atoms with E-state index < -0.39 is 72.6 Å². The van der Waals surface area contributed by atoms with Crippen molar-refractivity contribution in [1.29, 1.82) is 0 Å². The molecule has 15 heteroatoms. The average molecular weight is 540 g/mol. The zero-order valence-corrected chi connectivity index (χ0v) is 20.5. The molecule has 15 nitrogen and oxygen atoms in total. The van der Waals surface area contributed by atoms with Crippen molar-refractivity contribution in [1.82, 2.24) is 16.0 Å². The van der Waals surface area contributed by atoms with E-state index in [9.17, 15) is 39.0 Å². The number of aliphatic carboxylic acids is 3. The number of carboxylic acids is 3. The molecule has 11 N–H and O–H groups in total. The largest absolute Gasteiger partial charge is 0.508 e. The Morgan fingerprint density at radius 1 is 0.737 bits per heavy atom. The predicted molar refractivity (Wildman–Crippen MR) is 131 cm³/mol. The van der Waals surface area contributed by atoms with Crippen molar-refractivity contribution < 1.29 is 49.2 Å². The smallest absolute Gasteiger partial charge is 0.326 e. The summed E-state index contributed by atoms with van der Waals surface area (Å²) in [5.41, 5.74) is 11.5. The van der Waals surface area contributed by atoms with Crippen LogP contribution in [0.1, 0.15) is 37.7 Å². The summed E-state index contributed by atoms with van der Waals surface area (Å²) in [6.45, 7) is 0.298. The molecule has 3 amide bonds. The molecule has 0 bridgehead atoms. The number of benzene rings is 1. The summed E-state index contributed by atoms with van der Waals surface area (Å²) in [5, 5.41) is 43.5. The molecule has 1 aromatic rings. The van der Waals surface area contributed by atoms with Crippen molar-refractivity contribution in [3.63, 3.8) is 0 Å². The van der Waals surface area contributed by atoms with Crippen LogP contribution >= 0.6 is 0 Å². The van der Waals surface area contributed by atoms with E-state index >= 15 is 0 Å². The Hall–Kier alpha value is -4.24. The van der Waals surface area contributed by atoms with Crippen molar-refractivity contribution in [3.05, 3.63) is 29.8 Å². The molecule has 0 aliphatic rings. The molecule has 1 rings (SSSR count).